The molecule has 2 aromatic rings. The Labute approximate surface area is 151 Å². The maximum absolute atomic E-state index is 10.5. The predicted molar refractivity (Wildman–Crippen MR) is 94.9 cm³/mol. The van der Waals surface area contributed by atoms with Crippen molar-refractivity contribution in [1.82, 2.24) is 4.90 Å². The van der Waals surface area contributed by atoms with E-state index < -0.39 is 0 Å². The van der Waals surface area contributed by atoms with E-state index in [0.717, 1.165) is 29.7 Å². The number of halogens is 1. The van der Waals surface area contributed by atoms with Crippen molar-refractivity contribution in [3.05, 3.63) is 45.5 Å². The van der Waals surface area contributed by atoms with Gasteiger partial charge >= 0.3 is 0 Å². The standard InChI is InChI=1S/C19H20ClNO4/c1-24-17-5-10-3-4-21-9-13-12(6-15(21)11(10)7-16(17)22)14(20)8-18(25-2)19(13)23/h5,7-8,15,22-23H,3-4,6,9H2,1-2H3. The Balaban J connectivity index is 1.80. The fourth-order valence-corrected chi connectivity index (χ4v) is 4.30. The summed E-state index contributed by atoms with van der Waals surface area (Å²) in [7, 11) is 3.08. The van der Waals surface area contributed by atoms with E-state index in [1.807, 2.05) is 6.07 Å². The van der Waals surface area contributed by atoms with Crippen molar-refractivity contribution in [3.63, 3.8) is 0 Å². The SMILES string of the molecule is COc1cc2c(cc1O)C1Cc3c(Cl)cc(OC)c(O)c3CN1CC2. The van der Waals surface area contributed by atoms with Gasteiger partial charge in [0.1, 0.15) is 0 Å². The first kappa shape index (κ1) is 16.4. The number of phenols is 2. The molecule has 1 atom stereocenters. The molecule has 6 heteroatoms. The fourth-order valence-electron chi connectivity index (χ4n) is 4.01. The highest BCUT2D eigenvalue weighted by atomic mass is 35.5. The van der Waals surface area contributed by atoms with Gasteiger partial charge in [0.05, 0.1) is 14.2 Å². The van der Waals surface area contributed by atoms with Crippen LogP contribution in [-0.2, 0) is 19.4 Å². The van der Waals surface area contributed by atoms with E-state index in [2.05, 4.69) is 4.90 Å². The number of ether oxygens (including phenoxy) is 2. The molecule has 4 rings (SSSR count). The first-order valence-corrected chi connectivity index (χ1v) is 8.62. The highest BCUT2D eigenvalue weighted by molar-refractivity contribution is 6.31. The van der Waals surface area contributed by atoms with Gasteiger partial charge in [-0.3, -0.25) is 4.90 Å². The van der Waals surface area contributed by atoms with Crippen LogP contribution in [0.4, 0.5) is 0 Å². The van der Waals surface area contributed by atoms with E-state index >= 15 is 0 Å². The molecule has 1 unspecified atom stereocenters. The lowest BCUT2D eigenvalue weighted by atomic mass is 9.83. The highest BCUT2D eigenvalue weighted by Crippen LogP contribution is 2.47. The summed E-state index contributed by atoms with van der Waals surface area (Å²) in [6.45, 7) is 1.48. The maximum Gasteiger partial charge on any atom is 0.162 e. The summed E-state index contributed by atoms with van der Waals surface area (Å²) in [5.41, 5.74) is 4.07. The van der Waals surface area contributed by atoms with E-state index in [1.165, 1.54) is 12.7 Å². The van der Waals surface area contributed by atoms with Crippen LogP contribution in [0.3, 0.4) is 0 Å². The quantitative estimate of drug-likeness (QED) is 0.858. The van der Waals surface area contributed by atoms with Gasteiger partial charge in [-0.2, -0.15) is 0 Å². The van der Waals surface area contributed by atoms with Gasteiger partial charge in [0.15, 0.2) is 23.0 Å². The second kappa shape index (κ2) is 6.00. The molecule has 0 aliphatic carbocycles. The second-order valence-corrected chi connectivity index (χ2v) is 6.94. The normalized spacial score (nSPS) is 18.9. The minimum Gasteiger partial charge on any atom is -0.504 e. The molecule has 2 N–H and O–H groups in total. The molecule has 0 radical (unpaired) electrons. The number of aromatic hydroxyl groups is 2. The molecule has 2 aliphatic rings. The van der Waals surface area contributed by atoms with E-state index in [-0.39, 0.29) is 17.5 Å². The Morgan fingerprint density at radius 1 is 1.08 bits per heavy atom. The van der Waals surface area contributed by atoms with Crippen LogP contribution in [0.15, 0.2) is 18.2 Å². The average molecular weight is 362 g/mol. The lowest BCUT2D eigenvalue weighted by Gasteiger charge is -2.42. The highest BCUT2D eigenvalue weighted by Gasteiger charge is 2.35. The fraction of sp³-hybridized carbons (Fsp3) is 0.368. The summed E-state index contributed by atoms with van der Waals surface area (Å²) in [5, 5.41) is 21.3. The summed E-state index contributed by atoms with van der Waals surface area (Å²) >= 11 is 6.46. The van der Waals surface area contributed by atoms with Crippen LogP contribution in [0.2, 0.25) is 5.02 Å². The Hall–Kier alpha value is -2.11. The topological polar surface area (TPSA) is 62.2 Å². The van der Waals surface area contributed by atoms with Gasteiger partial charge < -0.3 is 19.7 Å². The Bertz CT molecular complexity index is 852. The van der Waals surface area contributed by atoms with Crippen molar-refractivity contribution in [3.8, 4) is 23.0 Å². The largest absolute Gasteiger partial charge is 0.504 e. The minimum atomic E-state index is 0.123. The number of rotatable bonds is 2. The van der Waals surface area contributed by atoms with E-state index in [9.17, 15) is 10.2 Å². The lowest BCUT2D eigenvalue weighted by Crippen LogP contribution is -2.39. The van der Waals surface area contributed by atoms with E-state index in [0.29, 0.717) is 29.5 Å². The van der Waals surface area contributed by atoms with Crippen LogP contribution in [-0.4, -0.2) is 35.9 Å². The zero-order chi connectivity index (χ0) is 17.7. The van der Waals surface area contributed by atoms with Gasteiger partial charge in [-0.25, -0.2) is 0 Å². The summed E-state index contributed by atoms with van der Waals surface area (Å²) in [6, 6.07) is 5.51. The number of nitrogens with zero attached hydrogens (tertiary/aromatic N) is 1. The molecule has 5 nitrogen and oxygen atoms in total. The zero-order valence-electron chi connectivity index (χ0n) is 14.2. The van der Waals surface area contributed by atoms with Crippen LogP contribution < -0.4 is 9.47 Å². The molecule has 0 saturated carbocycles. The first-order valence-electron chi connectivity index (χ1n) is 8.24. The molecule has 132 valence electrons. The molecule has 25 heavy (non-hydrogen) atoms. The van der Waals surface area contributed by atoms with Crippen LogP contribution in [0.1, 0.15) is 28.3 Å². The predicted octanol–water partition coefficient (Wildman–Crippen LogP) is 3.42. The smallest absolute Gasteiger partial charge is 0.162 e. The molecule has 0 bridgehead atoms. The average Bonchev–Trinajstić information content (AvgIpc) is 2.63. The number of benzene rings is 2. The van der Waals surface area contributed by atoms with E-state index in [4.69, 9.17) is 21.1 Å². The molecule has 0 amide bonds. The second-order valence-electron chi connectivity index (χ2n) is 6.53. The number of methoxy groups -OCH3 is 2. The third-order valence-corrected chi connectivity index (χ3v) is 5.65. The number of hydrogen-bond donors (Lipinski definition) is 2. The molecule has 0 aromatic heterocycles. The summed E-state index contributed by atoms with van der Waals surface area (Å²) < 4.78 is 10.5. The zero-order valence-corrected chi connectivity index (χ0v) is 14.9. The van der Waals surface area contributed by atoms with Gasteiger partial charge in [-0.1, -0.05) is 11.6 Å². The molecule has 0 saturated heterocycles. The summed E-state index contributed by atoms with van der Waals surface area (Å²) in [5.74, 6) is 1.23. The third kappa shape index (κ3) is 2.50. The van der Waals surface area contributed by atoms with Gasteiger partial charge in [0.25, 0.3) is 0 Å². The number of hydrogen-bond acceptors (Lipinski definition) is 5. The lowest BCUT2D eigenvalue weighted by molar-refractivity contribution is 0.157. The Kier molecular flexibility index (Phi) is 3.93. The van der Waals surface area contributed by atoms with Crippen molar-refractivity contribution >= 4 is 11.6 Å². The first-order chi connectivity index (χ1) is 12.0. The van der Waals surface area contributed by atoms with Crippen LogP contribution in [0, 0.1) is 0 Å². The van der Waals surface area contributed by atoms with E-state index in [1.54, 1.807) is 19.2 Å². The molecule has 0 spiro atoms. The summed E-state index contributed by atoms with van der Waals surface area (Å²) in [4.78, 5) is 2.31. The van der Waals surface area contributed by atoms with Gasteiger partial charge in [0, 0.05) is 35.8 Å². The minimum absolute atomic E-state index is 0.123. The monoisotopic (exact) mass is 361 g/mol. The molecular formula is C19H20ClNO4. The van der Waals surface area contributed by atoms with Crippen LogP contribution >= 0.6 is 11.6 Å². The third-order valence-electron chi connectivity index (χ3n) is 5.32. The van der Waals surface area contributed by atoms with Crippen molar-refractivity contribution in [2.24, 2.45) is 0 Å². The van der Waals surface area contributed by atoms with Crippen molar-refractivity contribution in [2.45, 2.75) is 25.4 Å². The van der Waals surface area contributed by atoms with Gasteiger partial charge in [-0.15, -0.1) is 0 Å². The van der Waals surface area contributed by atoms with Crippen molar-refractivity contribution in [2.75, 3.05) is 20.8 Å². The molecular weight excluding hydrogens is 342 g/mol. The molecule has 2 aliphatic heterocycles. The molecule has 2 heterocycles. The van der Waals surface area contributed by atoms with Crippen LogP contribution in [0.25, 0.3) is 0 Å². The van der Waals surface area contributed by atoms with Crippen molar-refractivity contribution < 1.29 is 19.7 Å². The Morgan fingerprint density at radius 3 is 2.56 bits per heavy atom. The summed E-state index contributed by atoms with van der Waals surface area (Å²) in [6.07, 6.45) is 1.56. The number of fused-ring (bicyclic) bond motifs is 4. The maximum atomic E-state index is 10.5. The molecule has 0 fully saturated rings. The van der Waals surface area contributed by atoms with Gasteiger partial charge in [-0.05, 0) is 41.7 Å². The Morgan fingerprint density at radius 2 is 1.84 bits per heavy atom. The molecule has 2 aromatic carbocycles. The van der Waals surface area contributed by atoms with Crippen LogP contribution in [0.5, 0.6) is 23.0 Å². The number of phenolic OH excluding ortho intramolecular Hbond substituents is 2. The van der Waals surface area contributed by atoms with Gasteiger partial charge in [0.2, 0.25) is 0 Å². The van der Waals surface area contributed by atoms with Crippen molar-refractivity contribution in [1.29, 1.82) is 0 Å².